The van der Waals surface area contributed by atoms with Gasteiger partial charge >= 0.3 is 5.97 Å². The fraction of sp³-hybridized carbons (Fsp3) is 0.200. The van der Waals surface area contributed by atoms with Gasteiger partial charge in [-0.05, 0) is 72.0 Å². The van der Waals surface area contributed by atoms with E-state index in [-0.39, 0.29) is 23.6 Å². The number of fused-ring (bicyclic) bond motifs is 1. The summed E-state index contributed by atoms with van der Waals surface area (Å²) >= 11 is 0. The first-order valence-electron chi connectivity index (χ1n) is 12.3. The van der Waals surface area contributed by atoms with Crippen LogP contribution in [0, 0.1) is 11.3 Å². The topological polar surface area (TPSA) is 122 Å². The molecule has 4 aromatic rings. The molecule has 8 nitrogen and oxygen atoms in total. The van der Waals surface area contributed by atoms with E-state index in [2.05, 4.69) is 16.4 Å². The van der Waals surface area contributed by atoms with E-state index in [1.807, 2.05) is 36.4 Å². The number of benzene rings is 3. The number of carbonyl (C=O) groups is 2. The van der Waals surface area contributed by atoms with E-state index in [4.69, 9.17) is 14.7 Å². The van der Waals surface area contributed by atoms with Crippen molar-refractivity contribution in [3.8, 4) is 23.4 Å². The molecule has 0 aliphatic carbocycles. The van der Waals surface area contributed by atoms with Gasteiger partial charge in [0.15, 0.2) is 0 Å². The van der Waals surface area contributed by atoms with E-state index in [1.165, 1.54) is 6.07 Å². The Morgan fingerprint density at radius 3 is 2.42 bits per heavy atom. The van der Waals surface area contributed by atoms with Crippen molar-refractivity contribution < 1.29 is 24.2 Å². The van der Waals surface area contributed by atoms with Crippen molar-refractivity contribution in [2.45, 2.75) is 32.1 Å². The Labute approximate surface area is 220 Å². The summed E-state index contributed by atoms with van der Waals surface area (Å²) in [5.41, 5.74) is 0.948. The number of ether oxygens (including phenoxy) is 2. The van der Waals surface area contributed by atoms with Crippen LogP contribution >= 0.6 is 0 Å². The van der Waals surface area contributed by atoms with Crippen LogP contribution < -0.4 is 14.8 Å². The van der Waals surface area contributed by atoms with Gasteiger partial charge in [-0.3, -0.25) is 4.79 Å². The molecule has 2 N–H and O–H groups in total. The van der Waals surface area contributed by atoms with Crippen molar-refractivity contribution in [3.05, 3.63) is 90.1 Å². The number of carboxylic acid groups (broad SMARTS) is 1. The molecule has 0 aliphatic rings. The quantitative estimate of drug-likeness (QED) is 0.213. The minimum Gasteiger partial charge on any atom is -0.494 e. The zero-order chi connectivity index (χ0) is 26.7. The molecule has 0 fully saturated rings. The predicted octanol–water partition coefficient (Wildman–Crippen LogP) is 6.37. The highest BCUT2D eigenvalue weighted by atomic mass is 16.5. The average molecular weight is 510 g/mol. The molecular formula is C30H27N3O5. The van der Waals surface area contributed by atoms with E-state index in [0.29, 0.717) is 30.2 Å². The van der Waals surface area contributed by atoms with Crippen molar-refractivity contribution in [2.75, 3.05) is 11.9 Å². The Bertz CT molecular complexity index is 1460. The number of nitriles is 1. The average Bonchev–Trinajstić information content (AvgIpc) is 2.92. The third-order valence-electron chi connectivity index (χ3n) is 5.80. The first-order valence-corrected chi connectivity index (χ1v) is 12.3. The van der Waals surface area contributed by atoms with Crippen molar-refractivity contribution in [2.24, 2.45) is 0 Å². The third kappa shape index (κ3) is 7.31. The van der Waals surface area contributed by atoms with E-state index in [9.17, 15) is 14.7 Å². The van der Waals surface area contributed by atoms with Crippen molar-refractivity contribution in [3.63, 3.8) is 0 Å². The van der Waals surface area contributed by atoms with Crippen LogP contribution in [0.3, 0.4) is 0 Å². The van der Waals surface area contributed by atoms with E-state index < -0.39 is 5.97 Å². The number of carbonyl (C=O) groups excluding carboxylic acids is 1. The molecule has 0 radical (unpaired) electrons. The summed E-state index contributed by atoms with van der Waals surface area (Å²) in [6.45, 7) is 0.622. The molecule has 1 heterocycles. The highest BCUT2D eigenvalue weighted by Gasteiger charge is 2.12. The van der Waals surface area contributed by atoms with Gasteiger partial charge in [0.25, 0.3) is 0 Å². The second-order valence-corrected chi connectivity index (χ2v) is 8.67. The standard InChI is InChI=1S/C30H27N3O5/c31-15-5-1-2-6-16-37-24-12-10-23-19-25(13-11-22(23)18-24)38-29-14-9-21(20-32-29)17-28(34)33-27-8-4-3-7-26(27)30(35)36/h3-4,7-14,18-20H,1-2,5-6,16-17H2,(H,33,34)(H,35,36). The molecule has 4 rings (SSSR count). The molecule has 192 valence electrons. The number of nitrogens with zero attached hydrogens (tertiary/aromatic N) is 2. The lowest BCUT2D eigenvalue weighted by Gasteiger charge is -2.10. The molecule has 0 spiro atoms. The number of para-hydroxylation sites is 1. The molecule has 3 aromatic carbocycles. The number of rotatable bonds is 12. The van der Waals surface area contributed by atoms with Crippen LogP contribution in [0.25, 0.3) is 10.8 Å². The van der Waals surface area contributed by atoms with E-state index >= 15 is 0 Å². The molecular weight excluding hydrogens is 482 g/mol. The Kier molecular flexibility index (Phi) is 8.87. The smallest absolute Gasteiger partial charge is 0.337 e. The van der Waals surface area contributed by atoms with Crippen molar-refractivity contribution in [1.29, 1.82) is 5.26 Å². The molecule has 0 aliphatic heterocycles. The van der Waals surface area contributed by atoms with E-state index in [1.54, 1.807) is 36.5 Å². The number of anilines is 1. The number of hydrogen-bond acceptors (Lipinski definition) is 6. The largest absolute Gasteiger partial charge is 0.494 e. The lowest BCUT2D eigenvalue weighted by atomic mass is 10.1. The summed E-state index contributed by atoms with van der Waals surface area (Å²) < 4.78 is 11.7. The van der Waals surface area contributed by atoms with Gasteiger partial charge in [-0.25, -0.2) is 9.78 Å². The predicted molar refractivity (Wildman–Crippen MR) is 144 cm³/mol. The Balaban J connectivity index is 1.31. The summed E-state index contributed by atoms with van der Waals surface area (Å²) in [5.74, 6) is 0.379. The minimum atomic E-state index is -1.11. The van der Waals surface area contributed by atoms with Crippen molar-refractivity contribution in [1.82, 2.24) is 4.98 Å². The van der Waals surface area contributed by atoms with Gasteiger partial charge in [-0.1, -0.05) is 30.3 Å². The Hall–Kier alpha value is -4.90. The van der Waals surface area contributed by atoms with Crippen LogP contribution in [0.1, 0.15) is 41.6 Å². The van der Waals surface area contributed by atoms with Gasteiger partial charge in [0.1, 0.15) is 11.5 Å². The lowest BCUT2D eigenvalue weighted by Crippen LogP contribution is -2.16. The second-order valence-electron chi connectivity index (χ2n) is 8.67. The van der Waals surface area contributed by atoms with Crippen molar-refractivity contribution >= 4 is 28.3 Å². The zero-order valence-corrected chi connectivity index (χ0v) is 20.7. The molecule has 0 atom stereocenters. The van der Waals surface area contributed by atoms with E-state index in [0.717, 1.165) is 35.8 Å². The number of amides is 1. The number of carboxylic acids is 1. The number of pyridine rings is 1. The van der Waals surface area contributed by atoms with Gasteiger partial charge in [0.05, 0.1) is 30.3 Å². The molecule has 0 saturated carbocycles. The van der Waals surface area contributed by atoms with Gasteiger partial charge in [0, 0.05) is 18.7 Å². The maximum atomic E-state index is 12.4. The lowest BCUT2D eigenvalue weighted by molar-refractivity contribution is -0.115. The maximum absolute atomic E-state index is 12.4. The highest BCUT2D eigenvalue weighted by molar-refractivity contribution is 6.01. The molecule has 1 amide bonds. The van der Waals surface area contributed by atoms with Gasteiger partial charge in [0.2, 0.25) is 11.8 Å². The first kappa shape index (κ1) is 26.2. The molecule has 0 unspecified atom stereocenters. The number of unbranched alkanes of at least 4 members (excludes halogenated alkanes) is 3. The van der Waals surface area contributed by atoms with Crippen LogP contribution in [0.2, 0.25) is 0 Å². The summed E-state index contributed by atoms with van der Waals surface area (Å²) in [4.78, 5) is 28.0. The highest BCUT2D eigenvalue weighted by Crippen LogP contribution is 2.27. The maximum Gasteiger partial charge on any atom is 0.337 e. The Morgan fingerprint density at radius 1 is 0.921 bits per heavy atom. The summed E-state index contributed by atoms with van der Waals surface area (Å²) in [6, 6.07) is 23.5. The van der Waals surface area contributed by atoms with Gasteiger partial charge < -0.3 is 19.9 Å². The molecule has 38 heavy (non-hydrogen) atoms. The number of aromatic carboxylic acids is 1. The summed E-state index contributed by atoms with van der Waals surface area (Å²) in [6.07, 6.45) is 4.98. The summed E-state index contributed by atoms with van der Waals surface area (Å²) in [5, 5.41) is 22.5. The van der Waals surface area contributed by atoms with Crippen LogP contribution in [0.5, 0.6) is 17.4 Å². The van der Waals surface area contributed by atoms with Gasteiger partial charge in [-0.2, -0.15) is 5.26 Å². The first-order chi connectivity index (χ1) is 18.5. The molecule has 0 saturated heterocycles. The zero-order valence-electron chi connectivity index (χ0n) is 20.7. The molecule has 0 bridgehead atoms. The van der Waals surface area contributed by atoms with Gasteiger partial charge in [-0.15, -0.1) is 0 Å². The second kappa shape index (κ2) is 12.9. The van der Waals surface area contributed by atoms with Crippen LogP contribution in [-0.2, 0) is 11.2 Å². The summed E-state index contributed by atoms with van der Waals surface area (Å²) in [7, 11) is 0. The van der Waals surface area contributed by atoms with Crippen LogP contribution in [0.15, 0.2) is 79.0 Å². The van der Waals surface area contributed by atoms with Crippen LogP contribution in [0.4, 0.5) is 5.69 Å². The minimum absolute atomic E-state index is 0.0325. The number of nitrogens with one attached hydrogen (secondary N) is 1. The fourth-order valence-electron chi connectivity index (χ4n) is 3.88. The fourth-order valence-corrected chi connectivity index (χ4v) is 3.88. The number of hydrogen-bond donors (Lipinski definition) is 2. The SMILES string of the molecule is N#CCCCCCOc1ccc2cc(Oc3ccc(CC(=O)Nc4ccccc4C(=O)O)cn3)ccc2c1. The van der Waals surface area contributed by atoms with Crippen LogP contribution in [-0.4, -0.2) is 28.6 Å². The number of aromatic nitrogens is 1. The third-order valence-corrected chi connectivity index (χ3v) is 5.80. The molecule has 1 aromatic heterocycles. The monoisotopic (exact) mass is 509 g/mol. The normalized spacial score (nSPS) is 10.5. The molecule has 8 heteroatoms. The Morgan fingerprint density at radius 2 is 1.68 bits per heavy atom.